The smallest absolute Gasteiger partial charge is 0.207 e. The van der Waals surface area contributed by atoms with Crippen LogP contribution in [0, 0.1) is 36.0 Å². The molecule has 1 fully saturated rings. The second-order valence-corrected chi connectivity index (χ2v) is 6.66. The maximum absolute atomic E-state index is 14.1. The lowest BCUT2D eigenvalue weighted by molar-refractivity contribution is -0.00382. The van der Waals surface area contributed by atoms with E-state index in [-0.39, 0.29) is 0 Å². The number of halogens is 5. The maximum atomic E-state index is 14.1. The van der Waals surface area contributed by atoms with Gasteiger partial charge in [-0.3, -0.25) is 0 Å². The molecule has 7 heteroatoms. The molecule has 0 spiro atoms. The first-order valence-corrected chi connectivity index (χ1v) is 8.21. The fraction of sp³-hybridized carbons (Fsp3) is 0.368. The molecular formula is C19H18F5NO. The van der Waals surface area contributed by atoms with Crippen molar-refractivity contribution in [2.24, 2.45) is 0 Å². The van der Waals surface area contributed by atoms with E-state index in [1.54, 1.807) is 12.1 Å². The average Bonchev–Trinajstić information content (AvgIpc) is 2.64. The average molecular weight is 371 g/mol. The lowest BCUT2D eigenvalue weighted by atomic mass is 9.83. The highest BCUT2D eigenvalue weighted by Gasteiger charge is 2.40. The van der Waals surface area contributed by atoms with Crippen LogP contribution >= 0.6 is 0 Å². The Morgan fingerprint density at radius 1 is 0.808 bits per heavy atom. The van der Waals surface area contributed by atoms with Crippen LogP contribution in [-0.4, -0.2) is 25.0 Å². The van der Waals surface area contributed by atoms with Crippen LogP contribution in [0.5, 0.6) is 5.75 Å². The lowest BCUT2D eigenvalue weighted by Crippen LogP contribution is -2.45. The normalized spacial score (nSPS) is 17.3. The van der Waals surface area contributed by atoms with Gasteiger partial charge < -0.3 is 9.64 Å². The number of likely N-dealkylation sites (tertiary alicyclic amines) is 1. The van der Waals surface area contributed by atoms with Crippen molar-refractivity contribution in [3.05, 3.63) is 64.5 Å². The highest BCUT2D eigenvalue weighted by atomic mass is 19.2. The zero-order valence-electron chi connectivity index (χ0n) is 14.4. The zero-order valence-corrected chi connectivity index (χ0v) is 14.4. The highest BCUT2D eigenvalue weighted by molar-refractivity contribution is 5.34. The van der Waals surface area contributed by atoms with Gasteiger partial charge >= 0.3 is 0 Å². The van der Waals surface area contributed by atoms with Crippen LogP contribution in [0.25, 0.3) is 0 Å². The minimum absolute atomic E-state index is 0.353. The quantitative estimate of drug-likeness (QED) is 0.441. The van der Waals surface area contributed by atoms with Crippen LogP contribution < -0.4 is 4.74 Å². The highest BCUT2D eigenvalue weighted by Crippen LogP contribution is 2.40. The van der Waals surface area contributed by atoms with Gasteiger partial charge in [0.25, 0.3) is 0 Å². The van der Waals surface area contributed by atoms with Crippen molar-refractivity contribution in [2.75, 3.05) is 20.1 Å². The SMILES string of the molecule is Cc1ccc(C2(Oc3c(F)c(F)c(F)c(F)c3F)CCN(C)CC2)cc1. The standard InChI is InChI=1S/C19H18F5NO/c1-11-3-5-12(6-4-11)19(7-9-25(2)10-8-19)26-18-16(23)14(21)13(20)15(22)17(18)24/h3-6H,7-10H2,1-2H3. The summed E-state index contributed by atoms with van der Waals surface area (Å²) in [6.07, 6.45) is 0.706. The first-order chi connectivity index (χ1) is 12.2. The Morgan fingerprint density at radius 2 is 1.27 bits per heavy atom. The third kappa shape index (κ3) is 3.16. The van der Waals surface area contributed by atoms with E-state index < -0.39 is 40.4 Å². The van der Waals surface area contributed by atoms with Gasteiger partial charge in [0.2, 0.25) is 29.1 Å². The van der Waals surface area contributed by atoms with Crippen LogP contribution in [0.15, 0.2) is 24.3 Å². The van der Waals surface area contributed by atoms with Crippen molar-refractivity contribution in [2.45, 2.75) is 25.4 Å². The number of ether oxygens (including phenoxy) is 1. The molecule has 0 amide bonds. The zero-order chi connectivity index (χ0) is 19.1. The van der Waals surface area contributed by atoms with E-state index in [4.69, 9.17) is 4.74 Å². The van der Waals surface area contributed by atoms with Crippen molar-refractivity contribution >= 4 is 0 Å². The number of hydrogen-bond donors (Lipinski definition) is 0. The summed E-state index contributed by atoms with van der Waals surface area (Å²) in [6.45, 7) is 3.00. The number of rotatable bonds is 3. The molecule has 0 unspecified atom stereocenters. The molecule has 0 saturated carbocycles. The fourth-order valence-electron chi connectivity index (χ4n) is 3.16. The predicted octanol–water partition coefficient (Wildman–Crippen LogP) is 4.69. The molecule has 140 valence electrons. The summed E-state index contributed by atoms with van der Waals surface area (Å²) < 4.78 is 74.2. The van der Waals surface area contributed by atoms with Gasteiger partial charge in [0, 0.05) is 25.9 Å². The first-order valence-electron chi connectivity index (χ1n) is 8.21. The molecule has 3 rings (SSSR count). The van der Waals surface area contributed by atoms with Gasteiger partial charge in [-0.1, -0.05) is 29.8 Å². The molecule has 0 bridgehead atoms. The Hall–Kier alpha value is -2.15. The third-order valence-corrected chi connectivity index (χ3v) is 4.84. The molecule has 1 aliphatic heterocycles. The number of benzene rings is 2. The third-order valence-electron chi connectivity index (χ3n) is 4.84. The molecule has 1 aliphatic rings. The van der Waals surface area contributed by atoms with Crippen molar-refractivity contribution in [3.63, 3.8) is 0 Å². The van der Waals surface area contributed by atoms with Crippen LogP contribution in [0.4, 0.5) is 22.0 Å². The molecule has 0 atom stereocenters. The van der Waals surface area contributed by atoms with Gasteiger partial charge in [0.15, 0.2) is 5.75 Å². The molecular weight excluding hydrogens is 353 g/mol. The second kappa shape index (κ2) is 6.87. The first kappa shape index (κ1) is 18.6. The van der Waals surface area contributed by atoms with Gasteiger partial charge in [0.05, 0.1) is 0 Å². The van der Waals surface area contributed by atoms with E-state index in [2.05, 4.69) is 0 Å². The summed E-state index contributed by atoms with van der Waals surface area (Å²) in [6, 6.07) is 7.15. The van der Waals surface area contributed by atoms with Crippen molar-refractivity contribution in [3.8, 4) is 5.75 Å². The fourth-order valence-corrected chi connectivity index (χ4v) is 3.16. The minimum atomic E-state index is -2.19. The lowest BCUT2D eigenvalue weighted by Gasteiger charge is -2.41. The molecule has 0 aromatic heterocycles. The number of aryl methyl sites for hydroxylation is 1. The molecule has 2 aromatic rings. The summed E-state index contributed by atoms with van der Waals surface area (Å²) in [5, 5.41) is 0. The number of nitrogens with zero attached hydrogens (tertiary/aromatic N) is 1. The number of hydrogen-bond acceptors (Lipinski definition) is 2. The topological polar surface area (TPSA) is 12.5 Å². The van der Waals surface area contributed by atoms with Crippen LogP contribution in [0.1, 0.15) is 24.0 Å². The van der Waals surface area contributed by atoms with Crippen molar-refractivity contribution in [1.29, 1.82) is 0 Å². The summed E-state index contributed by atoms with van der Waals surface area (Å²) >= 11 is 0. The largest absolute Gasteiger partial charge is 0.476 e. The Bertz CT molecular complexity index is 785. The summed E-state index contributed by atoms with van der Waals surface area (Å²) in [5.74, 6) is -11.3. The molecule has 0 N–H and O–H groups in total. The minimum Gasteiger partial charge on any atom is -0.476 e. The van der Waals surface area contributed by atoms with Crippen LogP contribution in [0.3, 0.4) is 0 Å². The summed E-state index contributed by atoms with van der Waals surface area (Å²) in [7, 11) is 1.89. The van der Waals surface area contributed by atoms with Gasteiger partial charge in [-0.2, -0.15) is 8.78 Å². The Balaban J connectivity index is 2.09. The molecule has 26 heavy (non-hydrogen) atoms. The molecule has 1 heterocycles. The van der Waals surface area contributed by atoms with Gasteiger partial charge in [-0.15, -0.1) is 0 Å². The monoisotopic (exact) mass is 371 g/mol. The molecule has 0 radical (unpaired) electrons. The predicted molar refractivity (Wildman–Crippen MR) is 86.4 cm³/mol. The Kier molecular flexibility index (Phi) is 4.92. The summed E-state index contributed by atoms with van der Waals surface area (Å²) in [4.78, 5) is 2.01. The molecule has 2 aromatic carbocycles. The molecule has 0 aliphatic carbocycles. The van der Waals surface area contributed by atoms with E-state index in [0.717, 1.165) is 5.56 Å². The van der Waals surface area contributed by atoms with Gasteiger partial charge in [-0.05, 0) is 19.5 Å². The molecule has 1 saturated heterocycles. The van der Waals surface area contributed by atoms with Crippen LogP contribution in [-0.2, 0) is 5.60 Å². The molecule has 2 nitrogen and oxygen atoms in total. The van der Waals surface area contributed by atoms with E-state index in [0.29, 0.717) is 31.5 Å². The second-order valence-electron chi connectivity index (χ2n) is 6.66. The van der Waals surface area contributed by atoms with E-state index >= 15 is 0 Å². The Morgan fingerprint density at radius 3 is 1.77 bits per heavy atom. The van der Waals surface area contributed by atoms with Gasteiger partial charge in [-0.25, -0.2) is 13.2 Å². The van der Waals surface area contributed by atoms with E-state index in [1.165, 1.54) is 0 Å². The van der Waals surface area contributed by atoms with E-state index in [1.807, 2.05) is 31.0 Å². The van der Waals surface area contributed by atoms with Crippen LogP contribution in [0.2, 0.25) is 0 Å². The summed E-state index contributed by atoms with van der Waals surface area (Å²) in [5.41, 5.74) is 0.451. The van der Waals surface area contributed by atoms with Gasteiger partial charge in [0.1, 0.15) is 5.60 Å². The Labute approximate surface area is 148 Å². The van der Waals surface area contributed by atoms with Crippen molar-refractivity contribution in [1.82, 2.24) is 4.90 Å². The maximum Gasteiger partial charge on any atom is 0.207 e. The van der Waals surface area contributed by atoms with E-state index in [9.17, 15) is 22.0 Å². The number of piperidine rings is 1. The van der Waals surface area contributed by atoms with Crippen molar-refractivity contribution < 1.29 is 26.7 Å².